The summed E-state index contributed by atoms with van der Waals surface area (Å²) in [7, 11) is 0. The normalized spacial score (nSPS) is 16.4. The summed E-state index contributed by atoms with van der Waals surface area (Å²) in [6.07, 6.45) is -0.241. The van der Waals surface area contributed by atoms with Crippen molar-refractivity contribution in [3.63, 3.8) is 0 Å². The Morgan fingerprint density at radius 3 is 2.57 bits per heavy atom. The third-order valence-corrected chi connectivity index (χ3v) is 3.35. The molecule has 7 heteroatoms. The Balaban J connectivity index is 1.56. The summed E-state index contributed by atoms with van der Waals surface area (Å²) in [5.41, 5.74) is 8.61. The van der Waals surface area contributed by atoms with Crippen molar-refractivity contribution in [3.05, 3.63) is 53.3 Å². The second kappa shape index (κ2) is 6.43. The van der Waals surface area contributed by atoms with Crippen LogP contribution < -0.4 is 10.9 Å². The Labute approximate surface area is 133 Å². The summed E-state index contributed by atoms with van der Waals surface area (Å²) in [4.78, 5) is 25.7. The van der Waals surface area contributed by atoms with Crippen LogP contribution in [0.2, 0.25) is 0 Å². The number of nitrogens with zero attached hydrogens (tertiary/aromatic N) is 3. The second-order valence-electron chi connectivity index (χ2n) is 5.29. The largest absolute Gasteiger partial charge is 0.382 e. The molecule has 7 nitrogen and oxygen atoms in total. The van der Waals surface area contributed by atoms with Crippen molar-refractivity contribution < 1.29 is 9.63 Å². The van der Waals surface area contributed by atoms with Gasteiger partial charge in [-0.2, -0.15) is 0 Å². The maximum atomic E-state index is 12.1. The number of hydrogen-bond acceptors (Lipinski definition) is 6. The fourth-order valence-electron chi connectivity index (χ4n) is 2.30. The van der Waals surface area contributed by atoms with E-state index in [1.807, 2.05) is 50.2 Å². The summed E-state index contributed by atoms with van der Waals surface area (Å²) in [6.45, 7) is 3.73. The first-order valence-electron chi connectivity index (χ1n) is 7.28. The Bertz CT molecular complexity index is 725. The average Bonchev–Trinajstić information content (AvgIpc) is 3.03. The molecule has 1 aliphatic rings. The quantitative estimate of drug-likeness (QED) is 0.840. The van der Waals surface area contributed by atoms with Crippen LogP contribution in [-0.4, -0.2) is 27.7 Å². The van der Waals surface area contributed by atoms with Crippen molar-refractivity contribution in [2.45, 2.75) is 26.4 Å². The molecule has 0 radical (unpaired) electrons. The molecule has 1 amide bonds. The van der Waals surface area contributed by atoms with Crippen LogP contribution in [0, 0.1) is 13.8 Å². The number of aromatic nitrogens is 2. The van der Waals surface area contributed by atoms with E-state index in [1.165, 1.54) is 0 Å². The average molecular weight is 311 g/mol. The fraction of sp³-hybridized carbons (Fsp3) is 0.250. The minimum absolute atomic E-state index is 0.317. The smallest absolute Gasteiger partial charge is 0.282 e. The lowest BCUT2D eigenvalue weighted by Gasteiger charge is -2.11. The van der Waals surface area contributed by atoms with E-state index in [9.17, 15) is 4.79 Å². The van der Waals surface area contributed by atoms with Gasteiger partial charge in [-0.15, -0.1) is 0 Å². The predicted octanol–water partition coefficient (Wildman–Crippen LogP) is 1.73. The highest BCUT2D eigenvalue weighted by Crippen LogP contribution is 2.16. The Hall–Kier alpha value is -2.96. The van der Waals surface area contributed by atoms with Gasteiger partial charge in [-0.25, -0.2) is 9.97 Å². The summed E-state index contributed by atoms with van der Waals surface area (Å²) in [5, 5.41) is 3.99. The summed E-state index contributed by atoms with van der Waals surface area (Å²) in [5.74, 6) is 0.0282. The van der Waals surface area contributed by atoms with Crippen molar-refractivity contribution in [1.29, 1.82) is 0 Å². The monoisotopic (exact) mass is 311 g/mol. The number of hydrogen-bond donors (Lipinski definition) is 2. The van der Waals surface area contributed by atoms with Gasteiger partial charge in [-0.1, -0.05) is 35.5 Å². The highest BCUT2D eigenvalue weighted by Gasteiger charge is 2.28. The molecule has 0 bridgehead atoms. The number of amides is 1. The molecule has 0 fully saturated rings. The predicted molar refractivity (Wildman–Crippen MR) is 85.7 cm³/mol. The van der Waals surface area contributed by atoms with Gasteiger partial charge in [-0.05, 0) is 25.5 Å². The van der Waals surface area contributed by atoms with Gasteiger partial charge >= 0.3 is 0 Å². The van der Waals surface area contributed by atoms with Gasteiger partial charge in [-0.3, -0.25) is 15.6 Å². The molecule has 1 aromatic carbocycles. The maximum Gasteiger partial charge on any atom is 0.282 e. The van der Waals surface area contributed by atoms with Crippen LogP contribution in [0.1, 0.15) is 23.4 Å². The molecule has 2 N–H and O–H groups in total. The second-order valence-corrected chi connectivity index (χ2v) is 5.29. The summed E-state index contributed by atoms with van der Waals surface area (Å²) >= 11 is 0. The molecule has 2 aromatic rings. The molecule has 0 saturated carbocycles. The molecule has 2 heterocycles. The highest BCUT2D eigenvalue weighted by atomic mass is 16.6. The fourth-order valence-corrected chi connectivity index (χ4v) is 2.30. The van der Waals surface area contributed by atoms with Gasteiger partial charge in [0.2, 0.25) is 12.1 Å². The van der Waals surface area contributed by atoms with Crippen LogP contribution in [0.5, 0.6) is 0 Å². The number of oxime groups is 1. The van der Waals surface area contributed by atoms with Crippen molar-refractivity contribution in [2.75, 3.05) is 5.43 Å². The maximum absolute atomic E-state index is 12.1. The lowest BCUT2D eigenvalue weighted by Crippen LogP contribution is -2.39. The number of aryl methyl sites for hydroxylation is 2. The molecule has 23 heavy (non-hydrogen) atoms. The van der Waals surface area contributed by atoms with Gasteiger partial charge in [0, 0.05) is 17.8 Å². The minimum Gasteiger partial charge on any atom is -0.382 e. The van der Waals surface area contributed by atoms with Crippen LogP contribution in [0.4, 0.5) is 5.95 Å². The number of carbonyl (C=O) groups is 1. The molecular weight excluding hydrogens is 294 g/mol. The molecule has 118 valence electrons. The third kappa shape index (κ3) is 3.63. The molecule has 0 spiro atoms. The van der Waals surface area contributed by atoms with Crippen LogP contribution in [0.25, 0.3) is 0 Å². The number of nitrogens with one attached hydrogen (secondary N) is 2. The number of anilines is 1. The topological polar surface area (TPSA) is 88.5 Å². The molecular formula is C16H17N5O2. The zero-order valence-electron chi connectivity index (χ0n) is 12.9. The number of benzene rings is 1. The Kier molecular flexibility index (Phi) is 4.18. The zero-order chi connectivity index (χ0) is 16.2. The lowest BCUT2D eigenvalue weighted by atomic mass is 10.1. The van der Waals surface area contributed by atoms with E-state index in [2.05, 4.69) is 26.0 Å². The van der Waals surface area contributed by atoms with E-state index in [4.69, 9.17) is 4.84 Å². The van der Waals surface area contributed by atoms with Gasteiger partial charge in [0.1, 0.15) is 0 Å². The van der Waals surface area contributed by atoms with Crippen LogP contribution in [0.3, 0.4) is 0 Å². The SMILES string of the molecule is Cc1cc(C)nc(NNC(=O)[C@H]2CC(c3ccccc3)=NO2)n1. The molecule has 3 rings (SSSR count). The molecule has 1 aliphatic heterocycles. The Morgan fingerprint density at radius 1 is 1.17 bits per heavy atom. The first-order chi connectivity index (χ1) is 11.1. The number of hydrazine groups is 1. The lowest BCUT2D eigenvalue weighted by molar-refractivity contribution is -0.130. The van der Waals surface area contributed by atoms with Crippen molar-refractivity contribution in [1.82, 2.24) is 15.4 Å². The molecule has 1 aromatic heterocycles. The van der Waals surface area contributed by atoms with Crippen LogP contribution in [-0.2, 0) is 9.63 Å². The number of carbonyl (C=O) groups excluding carboxylic acids is 1. The van der Waals surface area contributed by atoms with E-state index in [-0.39, 0.29) is 5.91 Å². The van der Waals surface area contributed by atoms with Gasteiger partial charge < -0.3 is 4.84 Å². The Morgan fingerprint density at radius 2 is 1.87 bits per heavy atom. The van der Waals surface area contributed by atoms with E-state index in [0.717, 1.165) is 22.7 Å². The molecule has 0 aliphatic carbocycles. The van der Waals surface area contributed by atoms with Gasteiger partial charge in [0.05, 0.1) is 5.71 Å². The van der Waals surface area contributed by atoms with Crippen molar-refractivity contribution >= 4 is 17.6 Å². The van der Waals surface area contributed by atoms with E-state index >= 15 is 0 Å². The number of rotatable bonds is 4. The molecule has 0 unspecified atom stereocenters. The molecule has 0 saturated heterocycles. The van der Waals surface area contributed by atoms with Gasteiger partial charge in [0.15, 0.2) is 0 Å². The first kappa shape index (κ1) is 15.0. The van der Waals surface area contributed by atoms with E-state index in [0.29, 0.717) is 12.4 Å². The standard InChI is InChI=1S/C16H17N5O2/c1-10-8-11(2)18-16(17-10)20-19-15(22)14-9-13(21-23-14)12-6-4-3-5-7-12/h3-8,14H,9H2,1-2H3,(H,19,22)(H,17,18,20)/t14-/m1/s1. The summed E-state index contributed by atoms with van der Waals surface area (Å²) < 4.78 is 0. The highest BCUT2D eigenvalue weighted by molar-refractivity contribution is 6.04. The first-order valence-corrected chi connectivity index (χ1v) is 7.28. The summed E-state index contributed by atoms with van der Waals surface area (Å²) in [6, 6.07) is 11.5. The molecule has 1 atom stereocenters. The minimum atomic E-state index is -0.663. The van der Waals surface area contributed by atoms with Crippen LogP contribution >= 0.6 is 0 Å². The van der Waals surface area contributed by atoms with Crippen molar-refractivity contribution in [3.8, 4) is 0 Å². The van der Waals surface area contributed by atoms with Gasteiger partial charge in [0.25, 0.3) is 5.91 Å². The zero-order valence-corrected chi connectivity index (χ0v) is 12.9. The van der Waals surface area contributed by atoms with Crippen molar-refractivity contribution in [2.24, 2.45) is 5.16 Å². The van der Waals surface area contributed by atoms with E-state index < -0.39 is 6.10 Å². The third-order valence-electron chi connectivity index (χ3n) is 3.35. The van der Waals surface area contributed by atoms with E-state index in [1.54, 1.807) is 0 Å². The van der Waals surface area contributed by atoms with Crippen LogP contribution in [0.15, 0.2) is 41.6 Å².